The van der Waals surface area contributed by atoms with Crippen LogP contribution in [0.25, 0.3) is 11.0 Å². The number of nitrogens with zero attached hydrogens (tertiary/aromatic N) is 2. The maximum Gasteiger partial charge on any atom is 0.252 e. The van der Waals surface area contributed by atoms with E-state index in [1.165, 1.54) is 0 Å². The van der Waals surface area contributed by atoms with Crippen LogP contribution in [0, 0.1) is 0 Å². The first-order valence-electron chi connectivity index (χ1n) is 8.88. The van der Waals surface area contributed by atoms with Gasteiger partial charge in [0.15, 0.2) is 0 Å². The number of rotatable bonds is 3. The van der Waals surface area contributed by atoms with Gasteiger partial charge in [-0.1, -0.05) is 0 Å². The molecular weight excluding hydrogens is 320 g/mol. The van der Waals surface area contributed by atoms with E-state index in [4.69, 9.17) is 4.74 Å². The third-order valence-corrected chi connectivity index (χ3v) is 4.98. The van der Waals surface area contributed by atoms with Gasteiger partial charge in [-0.2, -0.15) is 0 Å². The number of likely N-dealkylation sites (tertiary alicyclic amines) is 1. The fourth-order valence-corrected chi connectivity index (χ4v) is 3.66. The molecule has 2 unspecified atom stereocenters. The summed E-state index contributed by atoms with van der Waals surface area (Å²) in [6, 6.07) is 5.12. The van der Waals surface area contributed by atoms with E-state index in [2.05, 4.69) is 15.3 Å². The van der Waals surface area contributed by atoms with E-state index in [9.17, 15) is 9.59 Å². The zero-order chi connectivity index (χ0) is 17.2. The Morgan fingerprint density at radius 1 is 1.24 bits per heavy atom. The van der Waals surface area contributed by atoms with Gasteiger partial charge in [-0.05, 0) is 50.3 Å². The first-order valence-corrected chi connectivity index (χ1v) is 8.88. The topological polar surface area (TPSA) is 87.3 Å². The van der Waals surface area contributed by atoms with Crippen molar-refractivity contribution in [3.63, 3.8) is 0 Å². The smallest absolute Gasteiger partial charge is 0.252 e. The monoisotopic (exact) mass is 342 g/mol. The second-order valence-electron chi connectivity index (χ2n) is 6.67. The Bertz CT molecular complexity index is 781. The average molecular weight is 342 g/mol. The fraction of sp³-hybridized carbons (Fsp3) is 0.500. The molecule has 7 heteroatoms. The van der Waals surface area contributed by atoms with Gasteiger partial charge in [0, 0.05) is 18.8 Å². The number of imidazole rings is 1. The van der Waals surface area contributed by atoms with Gasteiger partial charge < -0.3 is 19.9 Å². The molecule has 0 saturated carbocycles. The number of H-pyrrole nitrogens is 1. The summed E-state index contributed by atoms with van der Waals surface area (Å²) >= 11 is 0. The number of ether oxygens (including phenoxy) is 1. The number of benzene rings is 1. The van der Waals surface area contributed by atoms with Crippen molar-refractivity contribution in [2.24, 2.45) is 0 Å². The molecule has 2 aliphatic rings. The van der Waals surface area contributed by atoms with Crippen LogP contribution in [0.1, 0.15) is 32.1 Å². The summed E-state index contributed by atoms with van der Waals surface area (Å²) < 4.78 is 5.52. The zero-order valence-electron chi connectivity index (χ0n) is 14.0. The molecule has 0 radical (unpaired) electrons. The molecule has 2 fully saturated rings. The summed E-state index contributed by atoms with van der Waals surface area (Å²) in [6.45, 7) is 1.25. The van der Waals surface area contributed by atoms with Crippen molar-refractivity contribution in [2.45, 2.75) is 44.2 Å². The predicted molar refractivity (Wildman–Crippen MR) is 93.0 cm³/mol. The lowest BCUT2D eigenvalue weighted by molar-refractivity contribution is -0.148. The molecule has 0 aliphatic carbocycles. The van der Waals surface area contributed by atoms with Crippen molar-refractivity contribution in [1.29, 1.82) is 0 Å². The Kier molecular flexibility index (Phi) is 4.40. The van der Waals surface area contributed by atoms with E-state index in [0.717, 1.165) is 36.7 Å². The first-order chi connectivity index (χ1) is 12.2. The number of piperidine rings is 1. The molecule has 4 rings (SSSR count). The molecule has 3 heterocycles. The van der Waals surface area contributed by atoms with Crippen LogP contribution in [0.5, 0.6) is 0 Å². The molecule has 2 atom stereocenters. The number of anilines is 1. The van der Waals surface area contributed by atoms with Crippen molar-refractivity contribution in [2.75, 3.05) is 18.5 Å². The normalized spacial score (nSPS) is 23.8. The molecule has 1 aromatic carbocycles. The third kappa shape index (κ3) is 3.24. The standard InChI is InChI=1S/C18H22N4O3/c23-17(21-12-6-7-13-14(10-12)20-11-19-13)15-4-1-2-8-22(15)18(24)16-5-3-9-25-16/h6-7,10-11,15-16H,1-5,8-9H2,(H,19,20)(H,21,23). The first kappa shape index (κ1) is 16.1. The Labute approximate surface area is 145 Å². The molecular formula is C18H22N4O3. The van der Waals surface area contributed by atoms with Gasteiger partial charge in [-0.3, -0.25) is 9.59 Å². The van der Waals surface area contributed by atoms with Crippen molar-refractivity contribution in [3.8, 4) is 0 Å². The number of aromatic amines is 1. The number of hydrogen-bond donors (Lipinski definition) is 2. The lowest BCUT2D eigenvalue weighted by Crippen LogP contribution is -2.52. The highest BCUT2D eigenvalue weighted by molar-refractivity contribution is 5.99. The molecule has 2 amide bonds. The number of fused-ring (bicyclic) bond motifs is 1. The molecule has 132 valence electrons. The number of hydrogen-bond acceptors (Lipinski definition) is 4. The van der Waals surface area contributed by atoms with Gasteiger partial charge in [0.1, 0.15) is 12.1 Å². The average Bonchev–Trinajstić information content (AvgIpc) is 3.32. The molecule has 0 bridgehead atoms. The van der Waals surface area contributed by atoms with Gasteiger partial charge in [-0.25, -0.2) is 4.98 Å². The van der Waals surface area contributed by atoms with Gasteiger partial charge >= 0.3 is 0 Å². The van der Waals surface area contributed by atoms with E-state index >= 15 is 0 Å². The van der Waals surface area contributed by atoms with E-state index in [1.54, 1.807) is 11.2 Å². The summed E-state index contributed by atoms with van der Waals surface area (Å²) in [5, 5.41) is 2.95. The Morgan fingerprint density at radius 3 is 3.00 bits per heavy atom. The van der Waals surface area contributed by atoms with Crippen molar-refractivity contribution >= 4 is 28.5 Å². The van der Waals surface area contributed by atoms with Crippen LogP contribution >= 0.6 is 0 Å². The number of amides is 2. The minimum atomic E-state index is -0.428. The Morgan fingerprint density at radius 2 is 2.16 bits per heavy atom. The van der Waals surface area contributed by atoms with E-state index in [1.807, 2.05) is 18.2 Å². The summed E-state index contributed by atoms with van der Waals surface area (Å²) in [7, 11) is 0. The number of carbonyl (C=O) groups is 2. The highest BCUT2D eigenvalue weighted by atomic mass is 16.5. The summed E-state index contributed by atoms with van der Waals surface area (Å²) in [6.07, 6.45) is 5.48. The summed E-state index contributed by atoms with van der Waals surface area (Å²) in [5.41, 5.74) is 2.43. The van der Waals surface area contributed by atoms with Crippen molar-refractivity contribution in [1.82, 2.24) is 14.9 Å². The highest BCUT2D eigenvalue weighted by Crippen LogP contribution is 2.24. The van der Waals surface area contributed by atoms with E-state index < -0.39 is 6.04 Å². The molecule has 25 heavy (non-hydrogen) atoms. The molecule has 1 aromatic heterocycles. The second-order valence-corrected chi connectivity index (χ2v) is 6.67. The van der Waals surface area contributed by atoms with E-state index in [0.29, 0.717) is 25.3 Å². The minimum Gasteiger partial charge on any atom is -0.368 e. The molecule has 0 spiro atoms. The van der Waals surface area contributed by atoms with Crippen molar-refractivity contribution in [3.05, 3.63) is 24.5 Å². The molecule has 2 saturated heterocycles. The van der Waals surface area contributed by atoms with Crippen LogP contribution in [0.3, 0.4) is 0 Å². The molecule has 2 N–H and O–H groups in total. The fourth-order valence-electron chi connectivity index (χ4n) is 3.66. The lowest BCUT2D eigenvalue weighted by atomic mass is 10.00. The van der Waals surface area contributed by atoms with Crippen LogP contribution in [-0.4, -0.2) is 52.0 Å². The Balaban J connectivity index is 1.49. The van der Waals surface area contributed by atoms with Gasteiger partial charge in [-0.15, -0.1) is 0 Å². The van der Waals surface area contributed by atoms with Crippen LogP contribution < -0.4 is 5.32 Å². The summed E-state index contributed by atoms with van der Waals surface area (Å²) in [5.74, 6) is -0.175. The number of nitrogens with one attached hydrogen (secondary N) is 2. The lowest BCUT2D eigenvalue weighted by Gasteiger charge is -2.36. The van der Waals surface area contributed by atoms with E-state index in [-0.39, 0.29) is 17.9 Å². The van der Waals surface area contributed by atoms with Crippen LogP contribution in [0.2, 0.25) is 0 Å². The maximum atomic E-state index is 12.8. The zero-order valence-corrected chi connectivity index (χ0v) is 14.0. The minimum absolute atomic E-state index is 0.0404. The van der Waals surface area contributed by atoms with Crippen molar-refractivity contribution < 1.29 is 14.3 Å². The van der Waals surface area contributed by atoms with Crippen LogP contribution in [0.15, 0.2) is 24.5 Å². The van der Waals surface area contributed by atoms with Crippen LogP contribution in [-0.2, 0) is 14.3 Å². The van der Waals surface area contributed by atoms with Gasteiger partial charge in [0.25, 0.3) is 5.91 Å². The maximum absolute atomic E-state index is 12.8. The highest BCUT2D eigenvalue weighted by Gasteiger charge is 2.37. The number of carbonyl (C=O) groups excluding carboxylic acids is 2. The molecule has 2 aromatic rings. The molecule has 2 aliphatic heterocycles. The Hall–Kier alpha value is -2.41. The van der Waals surface area contributed by atoms with Gasteiger partial charge in [0.2, 0.25) is 5.91 Å². The quantitative estimate of drug-likeness (QED) is 0.894. The van der Waals surface area contributed by atoms with Gasteiger partial charge in [0.05, 0.1) is 17.4 Å². The largest absolute Gasteiger partial charge is 0.368 e. The summed E-state index contributed by atoms with van der Waals surface area (Å²) in [4.78, 5) is 34.4. The van der Waals surface area contributed by atoms with Crippen LogP contribution in [0.4, 0.5) is 5.69 Å². The second kappa shape index (κ2) is 6.84. The predicted octanol–water partition coefficient (Wildman–Crippen LogP) is 2.06. The molecule has 7 nitrogen and oxygen atoms in total. The third-order valence-electron chi connectivity index (χ3n) is 4.98. The number of aromatic nitrogens is 2. The SMILES string of the molecule is O=C(Nc1ccc2nc[nH]c2c1)C1CCCCN1C(=O)C1CCCO1.